The van der Waals surface area contributed by atoms with Gasteiger partial charge in [0.15, 0.2) is 5.60 Å². The third kappa shape index (κ3) is 7.69. The van der Waals surface area contributed by atoms with E-state index in [-0.39, 0.29) is 73.4 Å². The van der Waals surface area contributed by atoms with E-state index in [4.69, 9.17) is 14.5 Å². The van der Waals surface area contributed by atoms with Crippen molar-refractivity contribution < 1.29 is 61.3 Å². The van der Waals surface area contributed by atoms with Crippen molar-refractivity contribution in [3.05, 3.63) is 73.8 Å². The molecule has 4 atom stereocenters. The third-order valence-electron chi connectivity index (χ3n) is 11.6. The van der Waals surface area contributed by atoms with E-state index < -0.39 is 95.8 Å². The highest BCUT2D eigenvalue weighted by Crippen LogP contribution is 2.46. The Morgan fingerprint density at radius 3 is 2.42 bits per heavy atom. The Kier molecular flexibility index (Phi) is 11.5. The van der Waals surface area contributed by atoms with Crippen molar-refractivity contribution in [2.75, 3.05) is 19.9 Å². The van der Waals surface area contributed by atoms with Crippen LogP contribution in [0.1, 0.15) is 79.5 Å². The minimum atomic E-state index is -4.13. The first kappa shape index (κ1) is 43.6. The molecule has 6 amide bonds. The average molecular weight is 866 g/mol. The number of cyclic esters (lactones) is 1. The van der Waals surface area contributed by atoms with Crippen LogP contribution >= 0.6 is 0 Å². The second-order valence-corrected chi connectivity index (χ2v) is 15.5. The standard InChI is InChI=1S/C41H42F3N7O11/c1-5-40(60)24-12-28-34-22(14-51(28)37(57)23(24)15-62-39(40)59)33-26(7-6-21-18(2)25(42)13-27(48-34)32(21)33)49-38(58)41(43,44)16-61-17-45-35(55)19(3)47-36(56)20(4)46-29(52)10-11-50-30(53)8-9-31(50)54/h8-9,12-13,19-20,26,60H,5-7,10-11,14-17H2,1-4H3,(H,45,55)(H,46,52)(H,47,56)(H,49,58)/t19-,20-,26-,40-/m0/s1. The first-order valence-corrected chi connectivity index (χ1v) is 19.8. The Labute approximate surface area is 350 Å². The maximum absolute atomic E-state index is 15.4. The molecule has 5 N–H and O–H groups in total. The number of nitrogens with one attached hydrogen (secondary N) is 4. The number of halogens is 3. The van der Waals surface area contributed by atoms with Crippen molar-refractivity contribution in [3.8, 4) is 11.4 Å². The van der Waals surface area contributed by atoms with Crippen LogP contribution in [0.5, 0.6) is 0 Å². The van der Waals surface area contributed by atoms with Crippen LogP contribution in [0.2, 0.25) is 0 Å². The molecule has 0 spiro atoms. The summed E-state index contributed by atoms with van der Waals surface area (Å²) in [5.41, 5.74) is -0.374. The van der Waals surface area contributed by atoms with Gasteiger partial charge in [0.05, 0.1) is 35.1 Å². The monoisotopic (exact) mass is 865 g/mol. The molecule has 1 aliphatic carbocycles. The average Bonchev–Trinajstić information content (AvgIpc) is 3.77. The van der Waals surface area contributed by atoms with Gasteiger partial charge in [0.25, 0.3) is 23.3 Å². The highest BCUT2D eigenvalue weighted by molar-refractivity contribution is 6.13. The summed E-state index contributed by atoms with van der Waals surface area (Å²) in [4.78, 5) is 106. The van der Waals surface area contributed by atoms with E-state index >= 15 is 13.2 Å². The fourth-order valence-corrected chi connectivity index (χ4v) is 8.13. The summed E-state index contributed by atoms with van der Waals surface area (Å²) < 4.78 is 57.5. The number of aromatic nitrogens is 2. The summed E-state index contributed by atoms with van der Waals surface area (Å²) in [6.07, 6.45) is 2.03. The molecule has 0 radical (unpaired) electrons. The number of amides is 6. The van der Waals surface area contributed by atoms with Gasteiger partial charge in [-0.15, -0.1) is 0 Å². The van der Waals surface area contributed by atoms with Gasteiger partial charge < -0.3 is 40.4 Å². The molecule has 3 aromatic rings. The zero-order valence-electron chi connectivity index (χ0n) is 33.9. The molecule has 328 valence electrons. The molecule has 7 rings (SSSR count). The number of pyridine rings is 2. The fraction of sp³-hybridized carbons (Fsp3) is 0.439. The lowest BCUT2D eigenvalue weighted by atomic mass is 9.81. The molecule has 0 saturated carbocycles. The maximum atomic E-state index is 15.4. The first-order valence-electron chi connectivity index (χ1n) is 19.8. The highest BCUT2D eigenvalue weighted by Gasteiger charge is 2.47. The van der Waals surface area contributed by atoms with E-state index in [0.29, 0.717) is 27.6 Å². The number of rotatable bonds is 14. The topological polar surface area (TPSA) is 244 Å². The van der Waals surface area contributed by atoms with E-state index in [1.807, 2.05) is 0 Å². The fourth-order valence-electron chi connectivity index (χ4n) is 8.13. The van der Waals surface area contributed by atoms with Crippen LogP contribution < -0.4 is 26.8 Å². The molecule has 0 saturated heterocycles. The second kappa shape index (κ2) is 16.4. The lowest BCUT2D eigenvalue weighted by molar-refractivity contribution is -0.172. The zero-order valence-corrected chi connectivity index (χ0v) is 33.9. The van der Waals surface area contributed by atoms with Crippen molar-refractivity contribution in [1.29, 1.82) is 0 Å². The number of fused-ring (bicyclic) bond motifs is 5. The number of hydrogen-bond donors (Lipinski definition) is 5. The van der Waals surface area contributed by atoms with E-state index in [1.54, 1.807) is 13.8 Å². The summed E-state index contributed by atoms with van der Waals surface area (Å²) in [7, 11) is 0. The molecule has 18 nitrogen and oxygen atoms in total. The largest absolute Gasteiger partial charge is 0.458 e. The molecule has 21 heteroatoms. The minimum absolute atomic E-state index is 0.0471. The van der Waals surface area contributed by atoms with Crippen molar-refractivity contribution >= 4 is 52.3 Å². The van der Waals surface area contributed by atoms with Gasteiger partial charge in [-0.1, -0.05) is 6.92 Å². The summed E-state index contributed by atoms with van der Waals surface area (Å²) in [5, 5.41) is 21.1. The number of nitrogens with zero attached hydrogens (tertiary/aromatic N) is 3. The molecule has 2 aromatic heterocycles. The summed E-state index contributed by atoms with van der Waals surface area (Å²) in [6, 6.07) is -0.754. The van der Waals surface area contributed by atoms with Crippen molar-refractivity contribution in [2.24, 2.45) is 0 Å². The number of alkyl halides is 2. The predicted octanol–water partition coefficient (Wildman–Crippen LogP) is 0.681. The molecule has 62 heavy (non-hydrogen) atoms. The summed E-state index contributed by atoms with van der Waals surface area (Å²) >= 11 is 0. The van der Waals surface area contributed by atoms with Crippen LogP contribution in [0.3, 0.4) is 0 Å². The van der Waals surface area contributed by atoms with Crippen LogP contribution in [0.15, 0.2) is 29.1 Å². The van der Waals surface area contributed by atoms with Gasteiger partial charge in [-0.2, -0.15) is 8.78 Å². The molecular formula is C41H42F3N7O11. The molecule has 0 fully saturated rings. The molecular weight excluding hydrogens is 823 g/mol. The van der Waals surface area contributed by atoms with Crippen molar-refractivity contribution in [3.63, 3.8) is 0 Å². The molecule has 0 bridgehead atoms. The SMILES string of the molecule is CC[C@@]1(O)C(=O)OCc2c1cc1n(c2=O)Cc2c-1nc1cc(F)c(C)c3c1c2[C@@H](NC(=O)C(F)(F)COCNC(=O)[C@H](C)NC(=O)[C@H](C)NC(=O)CCN1C(=O)C=CC1=O)CC3. The Hall–Kier alpha value is -6.48. The summed E-state index contributed by atoms with van der Waals surface area (Å²) in [5.74, 6) is -10.7. The van der Waals surface area contributed by atoms with E-state index in [1.165, 1.54) is 30.5 Å². The predicted molar refractivity (Wildman–Crippen MR) is 208 cm³/mol. The Morgan fingerprint density at radius 2 is 1.73 bits per heavy atom. The van der Waals surface area contributed by atoms with Crippen LogP contribution in [0, 0.1) is 12.7 Å². The van der Waals surface area contributed by atoms with Crippen LogP contribution in [0.25, 0.3) is 22.3 Å². The van der Waals surface area contributed by atoms with Gasteiger partial charge in [-0.3, -0.25) is 38.5 Å². The second-order valence-electron chi connectivity index (χ2n) is 15.5. The number of aryl methyl sites for hydroxylation is 1. The number of carbonyl (C=O) groups excluding carboxylic acids is 7. The minimum Gasteiger partial charge on any atom is -0.458 e. The van der Waals surface area contributed by atoms with Crippen LogP contribution in [-0.4, -0.2) is 98.9 Å². The van der Waals surface area contributed by atoms with Gasteiger partial charge in [0, 0.05) is 47.7 Å². The molecule has 3 aliphatic heterocycles. The number of aliphatic hydroxyl groups is 1. The zero-order chi connectivity index (χ0) is 45.0. The quantitative estimate of drug-likeness (QED) is 0.0509. The van der Waals surface area contributed by atoms with Gasteiger partial charge in [0.2, 0.25) is 17.7 Å². The Morgan fingerprint density at radius 1 is 1.03 bits per heavy atom. The van der Waals surface area contributed by atoms with Crippen molar-refractivity contribution in [2.45, 2.75) is 96.2 Å². The normalized spacial score (nSPS) is 19.6. The number of benzene rings is 1. The lowest BCUT2D eigenvalue weighted by Gasteiger charge is -2.31. The number of carbonyl (C=O) groups is 7. The van der Waals surface area contributed by atoms with E-state index in [2.05, 4.69) is 21.3 Å². The van der Waals surface area contributed by atoms with Gasteiger partial charge in [0.1, 0.15) is 37.8 Å². The van der Waals surface area contributed by atoms with Crippen LogP contribution in [-0.2, 0) is 68.2 Å². The maximum Gasteiger partial charge on any atom is 0.347 e. The number of hydrogen-bond acceptors (Lipinski definition) is 12. The van der Waals surface area contributed by atoms with E-state index in [9.17, 15) is 43.5 Å². The third-order valence-corrected chi connectivity index (χ3v) is 11.6. The smallest absolute Gasteiger partial charge is 0.347 e. The summed E-state index contributed by atoms with van der Waals surface area (Å²) in [6.45, 7) is 2.81. The molecule has 5 heterocycles. The molecule has 1 aromatic carbocycles. The number of imide groups is 1. The molecule has 0 unspecified atom stereocenters. The Balaban J connectivity index is 0.993. The van der Waals surface area contributed by atoms with Gasteiger partial charge in [-0.25, -0.2) is 14.2 Å². The van der Waals surface area contributed by atoms with Crippen LogP contribution in [0.4, 0.5) is 13.2 Å². The highest BCUT2D eigenvalue weighted by atomic mass is 19.3. The van der Waals surface area contributed by atoms with Crippen molar-refractivity contribution in [1.82, 2.24) is 35.7 Å². The number of ether oxygens (including phenoxy) is 2. The van der Waals surface area contributed by atoms with Gasteiger partial charge >= 0.3 is 11.9 Å². The lowest BCUT2D eigenvalue weighted by Crippen LogP contribution is -2.52. The number of esters is 1. The first-order chi connectivity index (χ1) is 29.3. The molecule has 4 aliphatic rings. The van der Waals surface area contributed by atoms with Gasteiger partial charge in [-0.05, 0) is 62.8 Å². The Bertz CT molecular complexity index is 2560. The van der Waals surface area contributed by atoms with E-state index in [0.717, 1.165) is 17.1 Å².